The SMILES string of the molecule is CCN(C(N)=O)c1ccccc1.O. The maximum atomic E-state index is 10.9. The van der Waals surface area contributed by atoms with Gasteiger partial charge in [0.2, 0.25) is 0 Å². The number of nitrogens with two attached hydrogens (primary N) is 1. The molecule has 4 N–H and O–H groups in total. The molecule has 0 bridgehead atoms. The van der Waals surface area contributed by atoms with E-state index in [1.54, 1.807) is 0 Å². The second kappa shape index (κ2) is 5.16. The molecule has 1 aromatic rings. The lowest BCUT2D eigenvalue weighted by molar-refractivity contribution is 0.254. The molecule has 0 spiro atoms. The molecule has 1 rings (SSSR count). The number of rotatable bonds is 2. The van der Waals surface area contributed by atoms with E-state index in [9.17, 15) is 4.79 Å². The van der Waals surface area contributed by atoms with Crippen molar-refractivity contribution in [1.82, 2.24) is 0 Å². The Kier molecular flexibility index (Phi) is 4.54. The van der Waals surface area contributed by atoms with Crippen LogP contribution in [-0.2, 0) is 0 Å². The summed E-state index contributed by atoms with van der Waals surface area (Å²) in [4.78, 5) is 12.4. The number of anilines is 1. The fraction of sp³-hybridized carbons (Fsp3) is 0.222. The van der Waals surface area contributed by atoms with Crippen LogP contribution < -0.4 is 10.6 Å². The van der Waals surface area contributed by atoms with E-state index in [0.717, 1.165) is 5.69 Å². The minimum atomic E-state index is -0.413. The number of amides is 2. The summed E-state index contributed by atoms with van der Waals surface area (Å²) in [6.45, 7) is 2.48. The Hall–Kier alpha value is -1.55. The van der Waals surface area contributed by atoms with E-state index in [2.05, 4.69) is 0 Å². The molecule has 0 aliphatic carbocycles. The maximum Gasteiger partial charge on any atom is 0.319 e. The van der Waals surface area contributed by atoms with Gasteiger partial charge in [0, 0.05) is 12.2 Å². The standard InChI is InChI=1S/C9H12N2O.H2O/c1-2-11(9(10)12)8-6-4-3-5-7-8;/h3-7H,2H2,1H3,(H2,10,12);1H2. The van der Waals surface area contributed by atoms with Crippen LogP contribution in [0, 0.1) is 0 Å². The molecule has 72 valence electrons. The van der Waals surface area contributed by atoms with E-state index in [4.69, 9.17) is 5.73 Å². The number of urea groups is 1. The van der Waals surface area contributed by atoms with Gasteiger partial charge in [-0.3, -0.25) is 4.90 Å². The van der Waals surface area contributed by atoms with Crippen LogP contribution in [0.1, 0.15) is 6.92 Å². The first-order chi connectivity index (χ1) is 5.75. The zero-order valence-corrected chi connectivity index (χ0v) is 7.53. The van der Waals surface area contributed by atoms with Crippen molar-refractivity contribution in [2.45, 2.75) is 6.92 Å². The van der Waals surface area contributed by atoms with E-state index in [0.29, 0.717) is 6.54 Å². The predicted octanol–water partition coefficient (Wildman–Crippen LogP) is 0.767. The average Bonchev–Trinajstić information content (AvgIpc) is 2.07. The van der Waals surface area contributed by atoms with Crippen molar-refractivity contribution in [2.24, 2.45) is 5.73 Å². The first-order valence-corrected chi connectivity index (χ1v) is 3.87. The number of para-hydroxylation sites is 1. The van der Waals surface area contributed by atoms with Crippen molar-refractivity contribution in [1.29, 1.82) is 0 Å². The second-order valence-corrected chi connectivity index (χ2v) is 2.42. The highest BCUT2D eigenvalue weighted by Gasteiger charge is 2.07. The van der Waals surface area contributed by atoms with E-state index >= 15 is 0 Å². The third-order valence-corrected chi connectivity index (χ3v) is 1.65. The van der Waals surface area contributed by atoms with Crippen molar-refractivity contribution in [3.8, 4) is 0 Å². The van der Waals surface area contributed by atoms with Gasteiger partial charge in [0.05, 0.1) is 0 Å². The number of hydrogen-bond donors (Lipinski definition) is 1. The molecule has 13 heavy (non-hydrogen) atoms. The lowest BCUT2D eigenvalue weighted by Gasteiger charge is -2.17. The average molecular weight is 182 g/mol. The molecule has 0 aliphatic rings. The van der Waals surface area contributed by atoms with Crippen LogP contribution in [0.3, 0.4) is 0 Å². The molecular formula is C9H14N2O2. The van der Waals surface area contributed by atoms with E-state index in [1.807, 2.05) is 37.3 Å². The monoisotopic (exact) mass is 182 g/mol. The number of carbonyl (C=O) groups is 1. The van der Waals surface area contributed by atoms with Crippen molar-refractivity contribution in [3.05, 3.63) is 30.3 Å². The van der Waals surface area contributed by atoms with Gasteiger partial charge >= 0.3 is 6.03 Å². The summed E-state index contributed by atoms with van der Waals surface area (Å²) in [7, 11) is 0. The number of hydrogen-bond acceptors (Lipinski definition) is 1. The van der Waals surface area contributed by atoms with Gasteiger partial charge in [-0.1, -0.05) is 18.2 Å². The van der Waals surface area contributed by atoms with Gasteiger partial charge < -0.3 is 11.2 Å². The van der Waals surface area contributed by atoms with Crippen LogP contribution in [0.5, 0.6) is 0 Å². The molecular weight excluding hydrogens is 168 g/mol. The van der Waals surface area contributed by atoms with Crippen LogP contribution in [0.25, 0.3) is 0 Å². The van der Waals surface area contributed by atoms with Crippen LogP contribution in [0.4, 0.5) is 10.5 Å². The minimum absolute atomic E-state index is 0. The first kappa shape index (κ1) is 11.4. The van der Waals surface area contributed by atoms with E-state index in [1.165, 1.54) is 4.90 Å². The van der Waals surface area contributed by atoms with Gasteiger partial charge in [-0.15, -0.1) is 0 Å². The van der Waals surface area contributed by atoms with Crippen molar-refractivity contribution in [3.63, 3.8) is 0 Å². The Bertz CT molecular complexity index is 262. The number of carbonyl (C=O) groups excluding carboxylic acids is 1. The molecule has 0 unspecified atom stereocenters. The van der Waals surface area contributed by atoms with Gasteiger partial charge in [-0.2, -0.15) is 0 Å². The zero-order valence-electron chi connectivity index (χ0n) is 7.53. The van der Waals surface area contributed by atoms with Crippen LogP contribution >= 0.6 is 0 Å². The predicted molar refractivity (Wildman–Crippen MR) is 52.7 cm³/mol. The van der Waals surface area contributed by atoms with Gasteiger partial charge in [0.1, 0.15) is 0 Å². The van der Waals surface area contributed by atoms with Crippen molar-refractivity contribution in [2.75, 3.05) is 11.4 Å². The third kappa shape index (κ3) is 2.76. The molecule has 0 atom stereocenters. The topological polar surface area (TPSA) is 77.8 Å². The molecule has 4 heteroatoms. The molecule has 0 radical (unpaired) electrons. The molecule has 0 aromatic heterocycles. The molecule has 2 amide bonds. The quantitative estimate of drug-likeness (QED) is 0.720. The van der Waals surface area contributed by atoms with Gasteiger partial charge in [-0.25, -0.2) is 4.79 Å². The summed E-state index contributed by atoms with van der Waals surface area (Å²) in [6, 6.07) is 8.95. The fourth-order valence-electron chi connectivity index (χ4n) is 1.07. The Morgan fingerprint density at radius 1 is 1.38 bits per heavy atom. The molecule has 0 aliphatic heterocycles. The molecule has 0 heterocycles. The van der Waals surface area contributed by atoms with Gasteiger partial charge in [-0.05, 0) is 19.1 Å². The van der Waals surface area contributed by atoms with Crippen LogP contribution in [0.2, 0.25) is 0 Å². The largest absolute Gasteiger partial charge is 0.412 e. The summed E-state index contributed by atoms with van der Waals surface area (Å²) < 4.78 is 0. The summed E-state index contributed by atoms with van der Waals surface area (Å²) in [6.07, 6.45) is 0. The number of primary amides is 1. The Labute approximate surface area is 77.3 Å². The van der Waals surface area contributed by atoms with Gasteiger partial charge in [0.15, 0.2) is 0 Å². The number of nitrogens with zero attached hydrogens (tertiary/aromatic N) is 1. The summed E-state index contributed by atoms with van der Waals surface area (Å²) in [5, 5.41) is 0. The normalized spacial score (nSPS) is 8.69. The highest BCUT2D eigenvalue weighted by molar-refractivity contribution is 5.90. The summed E-state index contributed by atoms with van der Waals surface area (Å²) >= 11 is 0. The minimum Gasteiger partial charge on any atom is -0.412 e. The highest BCUT2D eigenvalue weighted by atomic mass is 16.2. The summed E-state index contributed by atoms with van der Waals surface area (Å²) in [5.74, 6) is 0. The smallest absolute Gasteiger partial charge is 0.319 e. The van der Waals surface area contributed by atoms with E-state index in [-0.39, 0.29) is 5.48 Å². The lowest BCUT2D eigenvalue weighted by atomic mass is 10.3. The van der Waals surface area contributed by atoms with E-state index < -0.39 is 6.03 Å². The van der Waals surface area contributed by atoms with Crippen molar-refractivity contribution < 1.29 is 10.3 Å². The Balaban J connectivity index is 0.00000144. The maximum absolute atomic E-state index is 10.9. The zero-order chi connectivity index (χ0) is 8.97. The number of benzene rings is 1. The molecule has 4 nitrogen and oxygen atoms in total. The Morgan fingerprint density at radius 3 is 2.31 bits per heavy atom. The second-order valence-electron chi connectivity index (χ2n) is 2.42. The van der Waals surface area contributed by atoms with Crippen LogP contribution in [0.15, 0.2) is 30.3 Å². The molecule has 0 saturated heterocycles. The fourth-order valence-corrected chi connectivity index (χ4v) is 1.07. The molecule has 0 fully saturated rings. The third-order valence-electron chi connectivity index (χ3n) is 1.65. The lowest BCUT2D eigenvalue weighted by Crippen LogP contribution is -2.35. The van der Waals surface area contributed by atoms with Crippen LogP contribution in [-0.4, -0.2) is 18.1 Å². The summed E-state index contributed by atoms with van der Waals surface area (Å²) in [5.41, 5.74) is 6.01. The first-order valence-electron chi connectivity index (χ1n) is 3.87. The van der Waals surface area contributed by atoms with Gasteiger partial charge in [0.25, 0.3) is 0 Å². The molecule has 0 saturated carbocycles. The highest BCUT2D eigenvalue weighted by Crippen LogP contribution is 2.11. The van der Waals surface area contributed by atoms with Crippen molar-refractivity contribution >= 4 is 11.7 Å². The molecule has 1 aromatic carbocycles. The Morgan fingerprint density at radius 2 is 1.92 bits per heavy atom.